The molecule has 0 amide bonds. The minimum atomic E-state index is -0.142. The zero-order chi connectivity index (χ0) is 13.3. The molecule has 0 aromatic heterocycles. The van der Waals surface area contributed by atoms with Crippen LogP contribution in [0.3, 0.4) is 0 Å². The van der Waals surface area contributed by atoms with Crippen LogP contribution in [0, 0.1) is 5.82 Å². The maximum absolute atomic E-state index is 14.2. The van der Waals surface area contributed by atoms with E-state index in [-0.39, 0.29) is 11.9 Å². The molecule has 3 unspecified atom stereocenters. The molecule has 3 heteroatoms. The summed E-state index contributed by atoms with van der Waals surface area (Å²) in [6.07, 6.45) is 3.37. The van der Waals surface area contributed by atoms with Crippen LogP contribution in [0.1, 0.15) is 51.6 Å². The molecule has 3 atom stereocenters. The number of benzene rings is 1. The van der Waals surface area contributed by atoms with Crippen molar-refractivity contribution in [3.05, 3.63) is 29.6 Å². The van der Waals surface area contributed by atoms with E-state index >= 15 is 0 Å². The number of nitrogens with zero attached hydrogens (tertiary/aromatic N) is 1. The van der Waals surface area contributed by atoms with Gasteiger partial charge in [0.25, 0.3) is 0 Å². The van der Waals surface area contributed by atoms with E-state index in [9.17, 15) is 4.39 Å². The predicted molar refractivity (Wildman–Crippen MR) is 74.3 cm³/mol. The fraction of sp³-hybridized carbons (Fsp3) is 0.600. The van der Waals surface area contributed by atoms with Crippen LogP contribution in [0.5, 0.6) is 0 Å². The first-order valence-electron chi connectivity index (χ1n) is 6.88. The Kier molecular flexibility index (Phi) is 3.91. The summed E-state index contributed by atoms with van der Waals surface area (Å²) in [4.78, 5) is 2.24. The second-order valence-electron chi connectivity index (χ2n) is 5.40. The van der Waals surface area contributed by atoms with Gasteiger partial charge in [-0.1, -0.05) is 13.0 Å². The number of nitrogens with two attached hydrogens (primary N) is 1. The zero-order valence-electron chi connectivity index (χ0n) is 11.5. The molecule has 2 N–H and O–H groups in total. The van der Waals surface area contributed by atoms with Crippen molar-refractivity contribution in [1.82, 2.24) is 0 Å². The summed E-state index contributed by atoms with van der Waals surface area (Å²) < 4.78 is 14.2. The van der Waals surface area contributed by atoms with Gasteiger partial charge in [0.1, 0.15) is 5.82 Å². The van der Waals surface area contributed by atoms with E-state index in [2.05, 4.69) is 18.7 Å². The van der Waals surface area contributed by atoms with Gasteiger partial charge in [0.15, 0.2) is 0 Å². The molecule has 0 bridgehead atoms. The Balaban J connectivity index is 2.33. The lowest BCUT2D eigenvalue weighted by Crippen LogP contribution is -2.34. The zero-order valence-corrected chi connectivity index (χ0v) is 11.5. The number of anilines is 1. The molecule has 100 valence electrons. The lowest BCUT2D eigenvalue weighted by molar-refractivity contribution is 0.579. The molecule has 1 fully saturated rings. The number of rotatable bonds is 3. The predicted octanol–water partition coefficient (Wildman–Crippen LogP) is 3.61. The summed E-state index contributed by atoms with van der Waals surface area (Å²) in [6, 6.07) is 6.18. The highest BCUT2D eigenvalue weighted by Gasteiger charge is 2.31. The van der Waals surface area contributed by atoms with Crippen LogP contribution in [0.15, 0.2) is 18.2 Å². The molecular weight excluding hydrogens is 227 g/mol. The summed E-state index contributed by atoms with van der Waals surface area (Å²) >= 11 is 0. The largest absolute Gasteiger partial charge is 0.363 e. The first-order chi connectivity index (χ1) is 8.54. The Morgan fingerprint density at radius 3 is 2.72 bits per heavy atom. The van der Waals surface area contributed by atoms with Gasteiger partial charge in [-0.15, -0.1) is 0 Å². The van der Waals surface area contributed by atoms with Crippen LogP contribution in [-0.4, -0.2) is 12.1 Å². The summed E-state index contributed by atoms with van der Waals surface area (Å²) in [5, 5.41) is 0. The SMILES string of the molecule is CCC1CCC(C)N1c1ccc(C(C)N)cc1F. The molecule has 1 aliphatic heterocycles. The standard InChI is InChI=1S/C15H23FN2/c1-4-13-7-5-10(2)18(13)15-8-6-12(11(3)17)9-14(15)16/h6,8-11,13H,4-5,7,17H2,1-3H3. The Labute approximate surface area is 109 Å². The van der Waals surface area contributed by atoms with E-state index in [1.807, 2.05) is 19.1 Å². The highest BCUT2D eigenvalue weighted by atomic mass is 19.1. The second kappa shape index (κ2) is 5.27. The van der Waals surface area contributed by atoms with Crippen LogP contribution in [-0.2, 0) is 0 Å². The molecule has 0 spiro atoms. The highest BCUT2D eigenvalue weighted by molar-refractivity contribution is 5.52. The van der Waals surface area contributed by atoms with Gasteiger partial charge in [-0.25, -0.2) is 4.39 Å². The first kappa shape index (κ1) is 13.3. The number of hydrogen-bond donors (Lipinski definition) is 1. The van der Waals surface area contributed by atoms with Crippen LogP contribution in [0.25, 0.3) is 0 Å². The smallest absolute Gasteiger partial charge is 0.146 e. The van der Waals surface area contributed by atoms with Crippen molar-refractivity contribution in [2.45, 2.75) is 58.2 Å². The molecule has 1 aliphatic rings. The van der Waals surface area contributed by atoms with Crippen LogP contribution in [0.2, 0.25) is 0 Å². The summed E-state index contributed by atoms with van der Waals surface area (Å²) in [5.41, 5.74) is 7.38. The molecule has 0 aliphatic carbocycles. The molecular formula is C15H23FN2. The van der Waals surface area contributed by atoms with Crippen molar-refractivity contribution in [3.8, 4) is 0 Å². The van der Waals surface area contributed by atoms with Crippen LogP contribution < -0.4 is 10.6 Å². The first-order valence-corrected chi connectivity index (χ1v) is 6.88. The Bertz CT molecular complexity index is 417. The van der Waals surface area contributed by atoms with Crippen molar-refractivity contribution in [2.75, 3.05) is 4.90 Å². The van der Waals surface area contributed by atoms with Gasteiger partial charge in [0.2, 0.25) is 0 Å². The van der Waals surface area contributed by atoms with E-state index < -0.39 is 0 Å². The Morgan fingerprint density at radius 1 is 1.44 bits per heavy atom. The van der Waals surface area contributed by atoms with Gasteiger partial charge in [0.05, 0.1) is 5.69 Å². The molecule has 1 saturated heterocycles. The lowest BCUT2D eigenvalue weighted by Gasteiger charge is -2.31. The summed E-state index contributed by atoms with van der Waals surface area (Å²) in [7, 11) is 0. The van der Waals surface area contributed by atoms with Gasteiger partial charge in [-0.3, -0.25) is 0 Å². The highest BCUT2D eigenvalue weighted by Crippen LogP contribution is 2.34. The van der Waals surface area contributed by atoms with Crippen LogP contribution >= 0.6 is 0 Å². The minimum Gasteiger partial charge on any atom is -0.363 e. The summed E-state index contributed by atoms with van der Waals surface area (Å²) in [5.74, 6) is -0.142. The fourth-order valence-electron chi connectivity index (χ4n) is 2.92. The molecule has 1 heterocycles. The molecule has 2 nitrogen and oxygen atoms in total. The van der Waals surface area contributed by atoms with Crippen molar-refractivity contribution in [2.24, 2.45) is 5.73 Å². The van der Waals surface area contributed by atoms with E-state index in [4.69, 9.17) is 5.73 Å². The molecule has 1 aromatic rings. The average Bonchev–Trinajstić information content (AvgIpc) is 2.70. The third-order valence-corrected chi connectivity index (χ3v) is 4.03. The maximum atomic E-state index is 14.2. The van der Waals surface area contributed by atoms with Crippen molar-refractivity contribution >= 4 is 5.69 Å². The van der Waals surface area contributed by atoms with Crippen molar-refractivity contribution in [1.29, 1.82) is 0 Å². The van der Waals surface area contributed by atoms with E-state index in [1.54, 1.807) is 6.07 Å². The maximum Gasteiger partial charge on any atom is 0.146 e. The van der Waals surface area contributed by atoms with Gasteiger partial charge >= 0.3 is 0 Å². The normalized spacial score (nSPS) is 25.5. The Morgan fingerprint density at radius 2 is 2.17 bits per heavy atom. The number of halogens is 1. The van der Waals surface area contributed by atoms with Crippen molar-refractivity contribution in [3.63, 3.8) is 0 Å². The molecule has 18 heavy (non-hydrogen) atoms. The van der Waals surface area contributed by atoms with Crippen molar-refractivity contribution < 1.29 is 4.39 Å². The van der Waals surface area contributed by atoms with E-state index in [0.29, 0.717) is 12.1 Å². The molecule has 1 aromatic carbocycles. The fourth-order valence-corrected chi connectivity index (χ4v) is 2.92. The topological polar surface area (TPSA) is 29.3 Å². The van der Waals surface area contributed by atoms with Gasteiger partial charge in [0, 0.05) is 18.1 Å². The minimum absolute atomic E-state index is 0.119. The van der Waals surface area contributed by atoms with Crippen LogP contribution in [0.4, 0.5) is 10.1 Å². The third-order valence-electron chi connectivity index (χ3n) is 4.03. The van der Waals surface area contributed by atoms with E-state index in [1.165, 1.54) is 0 Å². The monoisotopic (exact) mass is 250 g/mol. The van der Waals surface area contributed by atoms with E-state index in [0.717, 1.165) is 30.5 Å². The molecule has 0 radical (unpaired) electrons. The summed E-state index contributed by atoms with van der Waals surface area (Å²) in [6.45, 7) is 6.22. The molecule has 0 saturated carbocycles. The third kappa shape index (κ3) is 2.37. The molecule has 2 rings (SSSR count). The average molecular weight is 250 g/mol. The lowest BCUT2D eigenvalue weighted by atomic mass is 10.1. The Hall–Kier alpha value is -1.09. The van der Waals surface area contributed by atoms with Gasteiger partial charge in [-0.05, 0) is 50.8 Å². The van der Waals surface area contributed by atoms with Gasteiger partial charge < -0.3 is 10.6 Å². The quantitative estimate of drug-likeness (QED) is 0.888. The second-order valence-corrected chi connectivity index (χ2v) is 5.40. The number of hydrogen-bond acceptors (Lipinski definition) is 2. The van der Waals surface area contributed by atoms with Gasteiger partial charge in [-0.2, -0.15) is 0 Å².